The summed E-state index contributed by atoms with van der Waals surface area (Å²) in [5.41, 5.74) is 8.90. The molecule has 0 radical (unpaired) electrons. The number of nitrogens with one attached hydrogen (secondary N) is 1. The average molecular weight is 427 g/mol. The Morgan fingerprint density at radius 2 is 1.88 bits per heavy atom. The van der Waals surface area contributed by atoms with Crippen molar-refractivity contribution in [2.24, 2.45) is 0 Å². The van der Waals surface area contributed by atoms with E-state index in [1.807, 2.05) is 10.6 Å². The highest BCUT2D eigenvalue weighted by molar-refractivity contribution is 6.00. The maximum atomic E-state index is 14.3. The zero-order chi connectivity index (χ0) is 22.2. The number of rotatable bonds is 4. The lowest BCUT2D eigenvalue weighted by atomic mass is 10.0. The molecule has 32 heavy (non-hydrogen) atoms. The van der Waals surface area contributed by atoms with Crippen molar-refractivity contribution in [3.05, 3.63) is 84.1 Å². The number of halogens is 2. The van der Waals surface area contributed by atoms with E-state index < -0.39 is 5.82 Å². The van der Waals surface area contributed by atoms with Crippen LogP contribution in [-0.4, -0.2) is 24.5 Å². The second-order valence-corrected chi connectivity index (χ2v) is 7.17. The summed E-state index contributed by atoms with van der Waals surface area (Å²) in [6.07, 6.45) is 4.77. The van der Waals surface area contributed by atoms with Crippen molar-refractivity contribution >= 4 is 16.9 Å². The smallest absolute Gasteiger partial charge is 0.146 e. The van der Waals surface area contributed by atoms with E-state index >= 15 is 0 Å². The summed E-state index contributed by atoms with van der Waals surface area (Å²) in [7, 11) is 0. The second-order valence-electron chi connectivity index (χ2n) is 7.17. The highest BCUT2D eigenvalue weighted by atomic mass is 19.1. The van der Waals surface area contributed by atoms with Crippen LogP contribution in [0.25, 0.3) is 33.5 Å². The van der Waals surface area contributed by atoms with Crippen molar-refractivity contribution < 1.29 is 8.78 Å². The molecule has 0 aliphatic carbocycles. The molecule has 156 valence electrons. The first kappa shape index (κ1) is 19.4. The Hall–Kier alpha value is -4.58. The molecule has 0 unspecified atom stereocenters. The van der Waals surface area contributed by atoms with Crippen molar-refractivity contribution in [3.8, 4) is 28.6 Å². The molecule has 0 aliphatic heterocycles. The number of aromatic nitrogens is 5. The topological polar surface area (TPSA) is 109 Å². The molecule has 3 heterocycles. The minimum Gasteiger partial charge on any atom is -0.383 e. The van der Waals surface area contributed by atoms with Gasteiger partial charge in [0.1, 0.15) is 41.3 Å². The average Bonchev–Trinajstić information content (AvgIpc) is 3.40. The fourth-order valence-corrected chi connectivity index (χ4v) is 3.67. The van der Waals surface area contributed by atoms with Gasteiger partial charge >= 0.3 is 0 Å². The molecule has 0 saturated carbocycles. The van der Waals surface area contributed by atoms with Crippen molar-refractivity contribution in [1.29, 1.82) is 5.26 Å². The number of nitrogen functional groups attached to an aromatic ring is 1. The van der Waals surface area contributed by atoms with Gasteiger partial charge in [0.25, 0.3) is 0 Å². The summed E-state index contributed by atoms with van der Waals surface area (Å²) in [5.74, 6) is -0.321. The van der Waals surface area contributed by atoms with Gasteiger partial charge < -0.3 is 15.3 Å². The predicted octanol–water partition coefficient (Wildman–Crippen LogP) is 4.27. The summed E-state index contributed by atoms with van der Waals surface area (Å²) in [5, 5.41) is 9.57. The Bertz CT molecular complexity index is 1510. The van der Waals surface area contributed by atoms with Crippen molar-refractivity contribution in [3.63, 3.8) is 0 Å². The molecule has 5 rings (SSSR count). The van der Waals surface area contributed by atoms with Gasteiger partial charge in [-0.3, -0.25) is 0 Å². The molecule has 3 aromatic heterocycles. The zero-order valence-corrected chi connectivity index (χ0v) is 16.5. The van der Waals surface area contributed by atoms with E-state index in [0.29, 0.717) is 40.1 Å². The molecule has 0 saturated heterocycles. The first-order chi connectivity index (χ1) is 15.5. The number of nitriles is 1. The molecular formula is C23H15F2N7. The minimum absolute atomic E-state index is 0.0418. The van der Waals surface area contributed by atoms with Crippen molar-refractivity contribution in [1.82, 2.24) is 24.5 Å². The van der Waals surface area contributed by atoms with Crippen LogP contribution in [0, 0.1) is 23.0 Å². The number of hydrogen-bond donors (Lipinski definition) is 2. The van der Waals surface area contributed by atoms with Crippen LogP contribution in [0.2, 0.25) is 0 Å². The van der Waals surface area contributed by atoms with Gasteiger partial charge in [0.15, 0.2) is 0 Å². The van der Waals surface area contributed by atoms with Crippen LogP contribution in [0.15, 0.2) is 61.2 Å². The van der Waals surface area contributed by atoms with Gasteiger partial charge in [-0.1, -0.05) is 18.2 Å². The Morgan fingerprint density at radius 3 is 2.66 bits per heavy atom. The molecule has 9 heteroatoms. The van der Waals surface area contributed by atoms with Gasteiger partial charge in [0, 0.05) is 11.8 Å². The van der Waals surface area contributed by atoms with Crippen LogP contribution >= 0.6 is 0 Å². The van der Waals surface area contributed by atoms with Gasteiger partial charge in [-0.25, -0.2) is 23.7 Å². The summed E-state index contributed by atoms with van der Waals surface area (Å²) in [6, 6.07) is 12.6. The number of benzene rings is 2. The summed E-state index contributed by atoms with van der Waals surface area (Å²) in [6.45, 7) is 0.340. The zero-order valence-electron chi connectivity index (χ0n) is 16.5. The number of nitrogens with zero attached hydrogens (tertiary/aromatic N) is 5. The number of aromatic amines is 1. The molecule has 0 spiro atoms. The molecule has 7 nitrogen and oxygen atoms in total. The Morgan fingerprint density at radius 1 is 1.03 bits per heavy atom. The maximum Gasteiger partial charge on any atom is 0.146 e. The standard InChI is InChI=1S/C23H15F2N7/c24-18-4-2-1-3-16(18)22-28-9-15(31-22)10-32-11-17(20-21(27)29-12-30-23(20)32)13-5-6-14(8-26)19(25)7-13/h1-7,9,11-12H,10H2,(H,28,31)(H2,27,29,30). The number of imidazole rings is 1. The van der Waals surface area contributed by atoms with E-state index in [2.05, 4.69) is 19.9 Å². The van der Waals surface area contributed by atoms with Crippen LogP contribution in [0.5, 0.6) is 0 Å². The molecule has 3 N–H and O–H groups in total. The molecule has 0 bridgehead atoms. The molecular weight excluding hydrogens is 412 g/mol. The summed E-state index contributed by atoms with van der Waals surface area (Å²) < 4.78 is 30.2. The van der Waals surface area contributed by atoms with E-state index in [0.717, 1.165) is 5.69 Å². The molecule has 5 aromatic rings. The lowest BCUT2D eigenvalue weighted by Crippen LogP contribution is -2.01. The van der Waals surface area contributed by atoms with Gasteiger partial charge in [-0.05, 0) is 29.8 Å². The highest BCUT2D eigenvalue weighted by Crippen LogP contribution is 2.33. The Balaban J connectivity index is 1.58. The molecule has 0 atom stereocenters. The van der Waals surface area contributed by atoms with Crippen LogP contribution in [0.1, 0.15) is 11.3 Å². The van der Waals surface area contributed by atoms with Gasteiger partial charge in [0.05, 0.1) is 34.9 Å². The number of H-pyrrole nitrogens is 1. The third kappa shape index (κ3) is 3.24. The molecule has 2 aromatic carbocycles. The fourth-order valence-electron chi connectivity index (χ4n) is 3.67. The number of hydrogen-bond acceptors (Lipinski definition) is 5. The lowest BCUT2D eigenvalue weighted by molar-refractivity contribution is 0.624. The normalized spacial score (nSPS) is 11.0. The first-order valence-corrected chi connectivity index (χ1v) is 9.63. The molecule has 0 aliphatic rings. The quantitative estimate of drug-likeness (QED) is 0.445. The molecule has 0 fully saturated rings. The van der Waals surface area contributed by atoms with E-state index in [9.17, 15) is 8.78 Å². The van der Waals surface area contributed by atoms with Gasteiger partial charge in [-0.2, -0.15) is 5.26 Å². The van der Waals surface area contributed by atoms with Crippen LogP contribution in [0.3, 0.4) is 0 Å². The Kier molecular flexibility index (Phi) is 4.60. The van der Waals surface area contributed by atoms with Crippen molar-refractivity contribution in [2.45, 2.75) is 6.54 Å². The van der Waals surface area contributed by atoms with Crippen molar-refractivity contribution in [2.75, 3.05) is 5.73 Å². The van der Waals surface area contributed by atoms with Crippen LogP contribution in [0.4, 0.5) is 14.6 Å². The summed E-state index contributed by atoms with van der Waals surface area (Å²) >= 11 is 0. The predicted molar refractivity (Wildman–Crippen MR) is 115 cm³/mol. The van der Waals surface area contributed by atoms with E-state index in [4.69, 9.17) is 11.0 Å². The maximum absolute atomic E-state index is 14.3. The SMILES string of the molecule is N#Cc1ccc(-c2cn(Cc3cnc(-c4ccccc4F)[nH]3)c3ncnc(N)c23)cc1F. The third-order valence-electron chi connectivity index (χ3n) is 5.18. The Labute approximate surface area is 180 Å². The monoisotopic (exact) mass is 427 g/mol. The fraction of sp³-hybridized carbons (Fsp3) is 0.0435. The van der Waals surface area contributed by atoms with Crippen LogP contribution < -0.4 is 5.73 Å². The first-order valence-electron chi connectivity index (χ1n) is 9.63. The summed E-state index contributed by atoms with van der Waals surface area (Å²) in [4.78, 5) is 15.8. The van der Waals surface area contributed by atoms with Gasteiger partial charge in [-0.15, -0.1) is 0 Å². The number of anilines is 1. The van der Waals surface area contributed by atoms with E-state index in [1.54, 1.807) is 36.7 Å². The highest BCUT2D eigenvalue weighted by Gasteiger charge is 2.17. The second kappa shape index (κ2) is 7.59. The van der Waals surface area contributed by atoms with Crippen LogP contribution in [-0.2, 0) is 6.54 Å². The lowest BCUT2D eigenvalue weighted by Gasteiger charge is -2.03. The number of nitrogens with two attached hydrogens (primary N) is 1. The van der Waals surface area contributed by atoms with E-state index in [-0.39, 0.29) is 17.2 Å². The molecule has 0 amide bonds. The van der Waals surface area contributed by atoms with E-state index in [1.165, 1.54) is 24.5 Å². The number of fused-ring (bicyclic) bond motifs is 1. The largest absolute Gasteiger partial charge is 0.383 e. The third-order valence-corrected chi connectivity index (χ3v) is 5.18. The minimum atomic E-state index is -0.621. The van der Waals surface area contributed by atoms with Gasteiger partial charge in [0.2, 0.25) is 0 Å².